The zero-order valence-corrected chi connectivity index (χ0v) is 10.9. The summed E-state index contributed by atoms with van der Waals surface area (Å²) >= 11 is 0. The Morgan fingerprint density at radius 2 is 2.06 bits per heavy atom. The van der Waals surface area contributed by atoms with Gasteiger partial charge in [0.2, 0.25) is 0 Å². The highest BCUT2D eigenvalue weighted by molar-refractivity contribution is 5.55. The molecule has 96 valence electrons. The summed E-state index contributed by atoms with van der Waals surface area (Å²) in [6.07, 6.45) is 0.0872. The molecule has 1 aromatic rings. The fourth-order valence-electron chi connectivity index (χ4n) is 1.87. The number of hydrogen-bond acceptors (Lipinski definition) is 3. The van der Waals surface area contributed by atoms with Gasteiger partial charge in [-0.05, 0) is 26.0 Å². The molecule has 4 heteroatoms. The van der Waals surface area contributed by atoms with E-state index in [4.69, 9.17) is 10.5 Å². The normalized spacial score (nSPS) is 14.5. The van der Waals surface area contributed by atoms with Gasteiger partial charge in [-0.1, -0.05) is 6.07 Å². The van der Waals surface area contributed by atoms with Gasteiger partial charge in [-0.25, -0.2) is 4.39 Å². The van der Waals surface area contributed by atoms with Crippen LogP contribution in [0.15, 0.2) is 18.2 Å². The van der Waals surface area contributed by atoms with Crippen LogP contribution >= 0.6 is 0 Å². The smallest absolute Gasteiger partial charge is 0.130 e. The van der Waals surface area contributed by atoms with Crippen LogP contribution in [-0.4, -0.2) is 26.8 Å². The third kappa shape index (κ3) is 3.41. The fourth-order valence-corrected chi connectivity index (χ4v) is 1.87. The monoisotopic (exact) mass is 240 g/mol. The van der Waals surface area contributed by atoms with Crippen molar-refractivity contribution in [2.45, 2.75) is 26.0 Å². The quantitative estimate of drug-likeness (QED) is 0.858. The minimum atomic E-state index is -0.327. The Morgan fingerprint density at radius 3 is 2.59 bits per heavy atom. The summed E-state index contributed by atoms with van der Waals surface area (Å²) < 4.78 is 18.9. The van der Waals surface area contributed by atoms with Gasteiger partial charge in [0, 0.05) is 38.0 Å². The molecule has 3 nitrogen and oxygen atoms in total. The number of anilines is 1. The number of halogens is 1. The zero-order valence-electron chi connectivity index (χ0n) is 10.9. The first-order valence-electron chi connectivity index (χ1n) is 5.75. The highest BCUT2D eigenvalue weighted by Gasteiger charge is 2.16. The van der Waals surface area contributed by atoms with Gasteiger partial charge in [-0.3, -0.25) is 0 Å². The van der Waals surface area contributed by atoms with Crippen molar-refractivity contribution >= 4 is 5.69 Å². The van der Waals surface area contributed by atoms with Crippen LogP contribution in [0, 0.1) is 5.82 Å². The number of nitrogens with zero attached hydrogens (tertiary/aromatic N) is 1. The molecule has 0 saturated heterocycles. The van der Waals surface area contributed by atoms with E-state index in [1.807, 2.05) is 24.9 Å². The molecule has 0 heterocycles. The third-order valence-corrected chi connectivity index (χ3v) is 2.83. The number of rotatable bonds is 5. The molecular formula is C13H21FN2O. The molecule has 17 heavy (non-hydrogen) atoms. The molecule has 0 spiro atoms. The Hall–Kier alpha value is -1.13. The molecule has 1 aromatic carbocycles. The standard InChI is InChI=1S/C13H21FN2O/c1-9(17-4)8-16(3)12-7-5-6-11(14)13(12)10(2)15/h5-7,9-10H,8,15H2,1-4H3/t9?,10-/m0/s1. The second-order valence-electron chi connectivity index (χ2n) is 4.39. The first-order valence-corrected chi connectivity index (χ1v) is 5.75. The van der Waals surface area contributed by atoms with Gasteiger partial charge in [-0.2, -0.15) is 0 Å². The largest absolute Gasteiger partial charge is 0.380 e. The van der Waals surface area contributed by atoms with Crippen molar-refractivity contribution < 1.29 is 9.13 Å². The van der Waals surface area contributed by atoms with Crippen molar-refractivity contribution in [2.75, 3.05) is 25.6 Å². The average Bonchev–Trinajstić information content (AvgIpc) is 2.27. The number of ether oxygens (including phenoxy) is 1. The summed E-state index contributed by atoms with van der Waals surface area (Å²) in [4.78, 5) is 1.97. The minimum absolute atomic E-state index is 0.0872. The first-order chi connectivity index (χ1) is 7.97. The number of likely N-dealkylation sites (N-methyl/N-ethyl adjacent to an activating group) is 1. The Balaban J connectivity index is 3.00. The first kappa shape index (κ1) is 13.9. The average molecular weight is 240 g/mol. The number of nitrogens with two attached hydrogens (primary N) is 1. The van der Waals surface area contributed by atoms with Crippen molar-refractivity contribution in [3.63, 3.8) is 0 Å². The maximum absolute atomic E-state index is 13.7. The van der Waals surface area contributed by atoms with Gasteiger partial charge < -0.3 is 15.4 Å². The maximum atomic E-state index is 13.7. The van der Waals surface area contributed by atoms with Gasteiger partial charge >= 0.3 is 0 Å². The van der Waals surface area contributed by atoms with E-state index in [9.17, 15) is 4.39 Å². The van der Waals surface area contributed by atoms with E-state index >= 15 is 0 Å². The van der Waals surface area contributed by atoms with Crippen LogP contribution in [0.4, 0.5) is 10.1 Å². The highest BCUT2D eigenvalue weighted by Crippen LogP contribution is 2.27. The summed E-state index contributed by atoms with van der Waals surface area (Å²) in [5.74, 6) is -0.255. The molecule has 0 bridgehead atoms. The lowest BCUT2D eigenvalue weighted by atomic mass is 10.0. The number of methoxy groups -OCH3 is 1. The van der Waals surface area contributed by atoms with E-state index in [0.717, 1.165) is 5.69 Å². The second kappa shape index (κ2) is 5.98. The second-order valence-corrected chi connectivity index (χ2v) is 4.39. The van der Waals surface area contributed by atoms with Gasteiger partial charge in [0.1, 0.15) is 5.82 Å². The Bertz CT molecular complexity index is 368. The lowest BCUT2D eigenvalue weighted by molar-refractivity contribution is 0.124. The van der Waals surface area contributed by atoms with Crippen LogP contribution in [0.2, 0.25) is 0 Å². The molecule has 0 aromatic heterocycles. The Labute approximate surface area is 102 Å². The molecule has 0 saturated carbocycles. The number of hydrogen-bond donors (Lipinski definition) is 1. The Kier molecular flexibility index (Phi) is 4.90. The summed E-state index contributed by atoms with van der Waals surface area (Å²) in [6.45, 7) is 4.45. The molecule has 0 aliphatic carbocycles. The predicted octanol–water partition coefficient (Wildman–Crippen LogP) is 2.32. The molecule has 2 atom stereocenters. The molecule has 1 rings (SSSR count). The van der Waals surface area contributed by atoms with Crippen molar-refractivity contribution in [2.24, 2.45) is 5.73 Å². The van der Waals surface area contributed by atoms with Crippen LogP contribution in [0.5, 0.6) is 0 Å². The molecule has 1 unspecified atom stereocenters. The topological polar surface area (TPSA) is 38.5 Å². The zero-order chi connectivity index (χ0) is 13.0. The molecular weight excluding hydrogens is 219 g/mol. The van der Waals surface area contributed by atoms with E-state index in [2.05, 4.69) is 0 Å². The lowest BCUT2D eigenvalue weighted by Gasteiger charge is -2.26. The van der Waals surface area contributed by atoms with Crippen molar-refractivity contribution in [3.8, 4) is 0 Å². The van der Waals surface area contributed by atoms with Crippen LogP contribution in [0.3, 0.4) is 0 Å². The van der Waals surface area contributed by atoms with Crippen LogP contribution in [0.25, 0.3) is 0 Å². The molecule has 0 amide bonds. The highest BCUT2D eigenvalue weighted by atomic mass is 19.1. The summed E-state index contributed by atoms with van der Waals surface area (Å²) in [7, 11) is 3.58. The lowest BCUT2D eigenvalue weighted by Crippen LogP contribution is -2.30. The number of benzene rings is 1. The Morgan fingerprint density at radius 1 is 1.41 bits per heavy atom. The van der Waals surface area contributed by atoms with Crippen LogP contribution in [0.1, 0.15) is 25.5 Å². The minimum Gasteiger partial charge on any atom is -0.380 e. The SMILES string of the molecule is COC(C)CN(C)c1cccc(F)c1[C@H](C)N. The van der Waals surface area contributed by atoms with E-state index in [1.165, 1.54) is 6.07 Å². The van der Waals surface area contributed by atoms with E-state index in [0.29, 0.717) is 12.1 Å². The summed E-state index contributed by atoms with van der Waals surface area (Å²) in [5.41, 5.74) is 7.20. The van der Waals surface area contributed by atoms with Crippen molar-refractivity contribution in [3.05, 3.63) is 29.6 Å². The summed E-state index contributed by atoms with van der Waals surface area (Å²) in [6, 6.07) is 4.69. The van der Waals surface area contributed by atoms with E-state index in [-0.39, 0.29) is 18.0 Å². The predicted molar refractivity (Wildman–Crippen MR) is 68.7 cm³/mol. The van der Waals surface area contributed by atoms with Crippen LogP contribution in [-0.2, 0) is 4.74 Å². The molecule has 0 fully saturated rings. The fraction of sp³-hybridized carbons (Fsp3) is 0.538. The molecule has 2 N–H and O–H groups in total. The molecule has 0 radical (unpaired) electrons. The van der Waals surface area contributed by atoms with Crippen LogP contribution < -0.4 is 10.6 Å². The van der Waals surface area contributed by atoms with Gasteiger partial charge in [-0.15, -0.1) is 0 Å². The van der Waals surface area contributed by atoms with Gasteiger partial charge in [0.15, 0.2) is 0 Å². The van der Waals surface area contributed by atoms with Gasteiger partial charge in [0.05, 0.1) is 6.10 Å². The maximum Gasteiger partial charge on any atom is 0.130 e. The molecule has 0 aliphatic rings. The molecule has 0 aliphatic heterocycles. The van der Waals surface area contributed by atoms with Gasteiger partial charge in [0.25, 0.3) is 0 Å². The third-order valence-electron chi connectivity index (χ3n) is 2.83. The van der Waals surface area contributed by atoms with E-state index in [1.54, 1.807) is 20.1 Å². The van der Waals surface area contributed by atoms with Crippen molar-refractivity contribution in [1.82, 2.24) is 0 Å². The van der Waals surface area contributed by atoms with Crippen molar-refractivity contribution in [1.29, 1.82) is 0 Å². The van der Waals surface area contributed by atoms with E-state index < -0.39 is 0 Å². The summed E-state index contributed by atoms with van der Waals surface area (Å²) in [5, 5.41) is 0.